The van der Waals surface area contributed by atoms with Crippen LogP contribution in [0.3, 0.4) is 0 Å². The molecular formula is C16H23N3S. The average Bonchev–Trinajstić information content (AvgIpc) is 2.79. The van der Waals surface area contributed by atoms with Crippen LogP contribution >= 0.6 is 12.2 Å². The number of para-hydroxylation sites is 2. The fourth-order valence-corrected chi connectivity index (χ4v) is 2.69. The number of rotatable bonds is 6. The summed E-state index contributed by atoms with van der Waals surface area (Å²) in [6.45, 7) is 7.32. The van der Waals surface area contributed by atoms with Gasteiger partial charge in [0.1, 0.15) is 5.82 Å². The van der Waals surface area contributed by atoms with Gasteiger partial charge in [0, 0.05) is 18.4 Å². The molecule has 0 aliphatic heterocycles. The number of nitrogens with two attached hydrogens (primary N) is 1. The largest absolute Gasteiger partial charge is 0.393 e. The molecule has 1 aromatic carbocycles. The first-order valence-corrected chi connectivity index (χ1v) is 7.73. The lowest BCUT2D eigenvalue weighted by Gasteiger charge is -2.18. The second-order valence-electron chi connectivity index (χ2n) is 5.39. The van der Waals surface area contributed by atoms with Crippen molar-refractivity contribution in [2.45, 2.75) is 46.1 Å². The number of nitrogens with zero attached hydrogens (tertiary/aromatic N) is 2. The molecule has 0 radical (unpaired) electrons. The lowest BCUT2D eigenvalue weighted by molar-refractivity contribution is 0.524. The number of fused-ring (bicyclic) bond motifs is 1. The number of imidazole rings is 1. The monoisotopic (exact) mass is 289 g/mol. The van der Waals surface area contributed by atoms with Crippen molar-refractivity contribution in [3.8, 4) is 0 Å². The van der Waals surface area contributed by atoms with Crippen LogP contribution in [0.5, 0.6) is 0 Å². The zero-order valence-corrected chi connectivity index (χ0v) is 13.3. The van der Waals surface area contributed by atoms with Gasteiger partial charge in [0.05, 0.1) is 16.0 Å². The van der Waals surface area contributed by atoms with Crippen LogP contribution in [0.4, 0.5) is 0 Å². The Balaban J connectivity index is 2.52. The van der Waals surface area contributed by atoms with Crippen LogP contribution in [0, 0.1) is 5.92 Å². The van der Waals surface area contributed by atoms with Crippen LogP contribution in [-0.2, 0) is 6.54 Å². The summed E-state index contributed by atoms with van der Waals surface area (Å²) in [5, 5.41) is 0. The van der Waals surface area contributed by atoms with Crippen molar-refractivity contribution < 1.29 is 0 Å². The van der Waals surface area contributed by atoms with Crippen molar-refractivity contribution in [2.75, 3.05) is 0 Å². The van der Waals surface area contributed by atoms with Crippen molar-refractivity contribution in [1.29, 1.82) is 0 Å². The summed E-state index contributed by atoms with van der Waals surface area (Å²) in [5.41, 5.74) is 8.02. The molecule has 0 aliphatic rings. The molecule has 2 N–H and O–H groups in total. The van der Waals surface area contributed by atoms with E-state index >= 15 is 0 Å². The molecule has 0 bridgehead atoms. The average molecular weight is 289 g/mol. The molecule has 0 spiro atoms. The lowest BCUT2D eigenvalue weighted by Crippen LogP contribution is -2.24. The molecule has 1 unspecified atom stereocenters. The summed E-state index contributed by atoms with van der Waals surface area (Å²) in [5.74, 6) is 1.83. The second-order valence-corrected chi connectivity index (χ2v) is 5.86. The Kier molecular flexibility index (Phi) is 4.76. The maximum Gasteiger partial charge on any atom is 0.112 e. The molecule has 1 atom stereocenters. The Morgan fingerprint density at radius 3 is 2.55 bits per heavy atom. The van der Waals surface area contributed by atoms with Crippen LogP contribution in [0.15, 0.2) is 24.3 Å². The first kappa shape index (κ1) is 15.0. The SMILES string of the molecule is CCC(CC)c1nc2ccccc2n1CC(C)C(N)=S. The van der Waals surface area contributed by atoms with E-state index in [1.54, 1.807) is 0 Å². The van der Waals surface area contributed by atoms with Gasteiger partial charge >= 0.3 is 0 Å². The molecule has 3 nitrogen and oxygen atoms in total. The van der Waals surface area contributed by atoms with Gasteiger partial charge in [0.15, 0.2) is 0 Å². The zero-order chi connectivity index (χ0) is 14.7. The maximum absolute atomic E-state index is 5.79. The molecule has 20 heavy (non-hydrogen) atoms. The fraction of sp³-hybridized carbons (Fsp3) is 0.500. The summed E-state index contributed by atoms with van der Waals surface area (Å²) in [6.07, 6.45) is 2.20. The van der Waals surface area contributed by atoms with E-state index < -0.39 is 0 Å². The molecule has 2 aromatic rings. The minimum Gasteiger partial charge on any atom is -0.393 e. The normalized spacial score (nSPS) is 13.0. The van der Waals surface area contributed by atoms with E-state index in [0.717, 1.165) is 24.9 Å². The van der Waals surface area contributed by atoms with Crippen LogP contribution in [0.25, 0.3) is 11.0 Å². The van der Waals surface area contributed by atoms with Gasteiger partial charge in [-0.1, -0.05) is 45.1 Å². The highest BCUT2D eigenvalue weighted by Crippen LogP contribution is 2.27. The number of hydrogen-bond acceptors (Lipinski definition) is 2. The second kappa shape index (κ2) is 6.35. The van der Waals surface area contributed by atoms with Gasteiger partial charge in [-0.25, -0.2) is 4.98 Å². The third-order valence-corrected chi connectivity index (χ3v) is 4.38. The van der Waals surface area contributed by atoms with Crippen LogP contribution in [0.1, 0.15) is 45.4 Å². The van der Waals surface area contributed by atoms with Crippen molar-refractivity contribution in [1.82, 2.24) is 9.55 Å². The van der Waals surface area contributed by atoms with Crippen molar-refractivity contribution in [3.05, 3.63) is 30.1 Å². The van der Waals surface area contributed by atoms with Gasteiger partial charge in [0.25, 0.3) is 0 Å². The summed E-state index contributed by atoms with van der Waals surface area (Å²) < 4.78 is 2.30. The fourth-order valence-electron chi connectivity index (χ4n) is 2.62. The van der Waals surface area contributed by atoms with Crippen molar-refractivity contribution in [3.63, 3.8) is 0 Å². The predicted octanol–water partition coefficient (Wildman–Crippen LogP) is 3.86. The van der Waals surface area contributed by atoms with E-state index in [1.807, 2.05) is 6.07 Å². The summed E-state index contributed by atoms with van der Waals surface area (Å²) >= 11 is 5.12. The molecule has 4 heteroatoms. The summed E-state index contributed by atoms with van der Waals surface area (Å²) in [6, 6.07) is 8.29. The van der Waals surface area contributed by atoms with E-state index in [-0.39, 0.29) is 5.92 Å². The molecule has 2 rings (SSSR count). The number of benzene rings is 1. The Hall–Kier alpha value is -1.42. The molecule has 0 fully saturated rings. The summed E-state index contributed by atoms with van der Waals surface area (Å²) in [4.78, 5) is 5.41. The Morgan fingerprint density at radius 2 is 1.95 bits per heavy atom. The highest BCUT2D eigenvalue weighted by atomic mass is 32.1. The van der Waals surface area contributed by atoms with Crippen molar-refractivity contribution >= 4 is 28.2 Å². The molecule has 1 aromatic heterocycles. The highest BCUT2D eigenvalue weighted by molar-refractivity contribution is 7.80. The molecule has 0 aliphatic carbocycles. The highest BCUT2D eigenvalue weighted by Gasteiger charge is 2.19. The third kappa shape index (κ3) is 2.85. The van der Waals surface area contributed by atoms with E-state index in [1.165, 1.54) is 11.3 Å². The van der Waals surface area contributed by atoms with Gasteiger partial charge in [-0.05, 0) is 25.0 Å². The Labute approximate surface area is 126 Å². The van der Waals surface area contributed by atoms with Gasteiger partial charge in [-0.2, -0.15) is 0 Å². The van der Waals surface area contributed by atoms with Gasteiger partial charge in [0.2, 0.25) is 0 Å². The topological polar surface area (TPSA) is 43.8 Å². The third-order valence-electron chi connectivity index (χ3n) is 3.98. The van der Waals surface area contributed by atoms with Gasteiger partial charge in [-0.15, -0.1) is 0 Å². The van der Waals surface area contributed by atoms with Crippen LogP contribution in [0.2, 0.25) is 0 Å². The van der Waals surface area contributed by atoms with Gasteiger partial charge < -0.3 is 10.3 Å². The smallest absolute Gasteiger partial charge is 0.112 e. The van der Waals surface area contributed by atoms with E-state index in [0.29, 0.717) is 10.9 Å². The molecule has 0 amide bonds. The maximum atomic E-state index is 5.79. The molecule has 108 valence electrons. The first-order chi connectivity index (χ1) is 9.58. The zero-order valence-electron chi connectivity index (χ0n) is 12.5. The Morgan fingerprint density at radius 1 is 1.30 bits per heavy atom. The summed E-state index contributed by atoms with van der Waals surface area (Å²) in [7, 11) is 0. The molecule has 1 heterocycles. The standard InChI is InChI=1S/C16H23N3S/c1-4-12(5-2)16-18-13-8-6-7-9-14(13)19(16)10-11(3)15(17)20/h6-9,11-12H,4-5,10H2,1-3H3,(H2,17,20). The first-order valence-electron chi connectivity index (χ1n) is 7.32. The van der Waals surface area contributed by atoms with Crippen molar-refractivity contribution in [2.24, 2.45) is 11.7 Å². The Bertz CT molecular complexity index is 599. The van der Waals surface area contributed by atoms with E-state index in [9.17, 15) is 0 Å². The van der Waals surface area contributed by atoms with Crippen LogP contribution < -0.4 is 5.73 Å². The molecule has 0 saturated carbocycles. The minimum atomic E-state index is 0.177. The molecular weight excluding hydrogens is 266 g/mol. The van der Waals surface area contributed by atoms with Gasteiger partial charge in [-0.3, -0.25) is 0 Å². The minimum absolute atomic E-state index is 0.177. The molecule has 0 saturated heterocycles. The van der Waals surface area contributed by atoms with Crippen LogP contribution in [-0.4, -0.2) is 14.5 Å². The van der Waals surface area contributed by atoms with E-state index in [2.05, 4.69) is 43.5 Å². The predicted molar refractivity (Wildman–Crippen MR) is 89.0 cm³/mol. The number of aromatic nitrogens is 2. The quantitative estimate of drug-likeness (QED) is 0.821. The number of thiocarbonyl (C=S) groups is 1. The number of hydrogen-bond donors (Lipinski definition) is 1. The lowest BCUT2D eigenvalue weighted by atomic mass is 10.0. The van der Waals surface area contributed by atoms with E-state index in [4.69, 9.17) is 22.9 Å².